The highest BCUT2D eigenvalue weighted by Gasteiger charge is 2.37. The van der Waals surface area contributed by atoms with Gasteiger partial charge in [0.25, 0.3) is 0 Å². The van der Waals surface area contributed by atoms with Crippen molar-refractivity contribution in [3.8, 4) is 0 Å². The monoisotopic (exact) mass is 378 g/mol. The second kappa shape index (κ2) is 8.10. The summed E-state index contributed by atoms with van der Waals surface area (Å²) in [5.74, 6) is 0.385. The number of hydrogen-bond acceptors (Lipinski definition) is 4. The largest absolute Gasteiger partial charge is 0.353 e. The van der Waals surface area contributed by atoms with E-state index in [2.05, 4.69) is 40.3 Å². The Morgan fingerprint density at radius 3 is 2.75 bits per heavy atom. The lowest BCUT2D eigenvalue weighted by molar-refractivity contribution is -0.142. The van der Waals surface area contributed by atoms with E-state index in [1.54, 1.807) is 12.4 Å². The van der Waals surface area contributed by atoms with Crippen molar-refractivity contribution in [3.05, 3.63) is 65.5 Å². The fraction of sp³-hybridized carbons (Fsp3) is 0.409. The summed E-state index contributed by atoms with van der Waals surface area (Å²) >= 11 is 0. The summed E-state index contributed by atoms with van der Waals surface area (Å²) in [6, 6.07) is 11.9. The first-order valence-electron chi connectivity index (χ1n) is 9.85. The summed E-state index contributed by atoms with van der Waals surface area (Å²) in [6.07, 6.45) is 3.81. The minimum absolute atomic E-state index is 0.0431. The SMILES string of the molecule is Cc1cccc(CN2CCNC(=O)[C@H]2CC(=O)N2CC(c3ccncc3)C2)c1. The van der Waals surface area contributed by atoms with Gasteiger partial charge in [0.05, 0.1) is 12.5 Å². The van der Waals surface area contributed by atoms with Crippen molar-refractivity contribution in [1.82, 2.24) is 20.1 Å². The van der Waals surface area contributed by atoms with Crippen molar-refractivity contribution in [3.63, 3.8) is 0 Å². The number of carbonyl (C=O) groups excluding carboxylic acids is 2. The number of aryl methyl sites for hydroxylation is 1. The molecule has 6 nitrogen and oxygen atoms in total. The Morgan fingerprint density at radius 2 is 2.00 bits per heavy atom. The molecule has 2 aliphatic rings. The van der Waals surface area contributed by atoms with Gasteiger partial charge in [-0.1, -0.05) is 29.8 Å². The van der Waals surface area contributed by atoms with Crippen LogP contribution in [0.5, 0.6) is 0 Å². The van der Waals surface area contributed by atoms with Gasteiger partial charge < -0.3 is 10.2 Å². The molecule has 0 radical (unpaired) electrons. The molecule has 0 aliphatic carbocycles. The van der Waals surface area contributed by atoms with Gasteiger partial charge >= 0.3 is 0 Å². The van der Waals surface area contributed by atoms with Crippen LogP contribution in [0.15, 0.2) is 48.8 Å². The number of amides is 2. The van der Waals surface area contributed by atoms with E-state index < -0.39 is 6.04 Å². The second-order valence-corrected chi connectivity index (χ2v) is 7.75. The molecule has 2 aromatic rings. The first-order valence-corrected chi connectivity index (χ1v) is 9.85. The molecule has 28 heavy (non-hydrogen) atoms. The third-order valence-electron chi connectivity index (χ3n) is 5.69. The van der Waals surface area contributed by atoms with E-state index in [1.165, 1.54) is 16.7 Å². The Kier molecular flexibility index (Phi) is 5.39. The van der Waals surface area contributed by atoms with Crippen LogP contribution >= 0.6 is 0 Å². The Morgan fingerprint density at radius 1 is 1.21 bits per heavy atom. The summed E-state index contributed by atoms with van der Waals surface area (Å²) in [7, 11) is 0. The predicted octanol–water partition coefficient (Wildman–Crippen LogP) is 1.71. The van der Waals surface area contributed by atoms with Crippen molar-refractivity contribution in [2.45, 2.75) is 31.8 Å². The first-order chi connectivity index (χ1) is 13.6. The standard InChI is InChI=1S/C22H26N4O2/c1-16-3-2-4-17(11-16)13-25-10-9-24-22(28)20(25)12-21(27)26-14-19(15-26)18-5-7-23-8-6-18/h2-8,11,19-20H,9-10,12-15H2,1H3,(H,24,28)/t20-/m1/s1. The Bertz CT molecular complexity index is 849. The molecule has 4 rings (SSSR count). The fourth-order valence-electron chi connectivity index (χ4n) is 4.04. The van der Waals surface area contributed by atoms with E-state index in [0.717, 1.165) is 19.6 Å². The van der Waals surface area contributed by atoms with Crippen LogP contribution in [-0.2, 0) is 16.1 Å². The molecule has 2 fully saturated rings. The molecule has 0 bridgehead atoms. The van der Waals surface area contributed by atoms with E-state index in [1.807, 2.05) is 23.1 Å². The maximum atomic E-state index is 12.8. The Balaban J connectivity index is 1.37. The van der Waals surface area contributed by atoms with Gasteiger partial charge in [0.2, 0.25) is 11.8 Å². The summed E-state index contributed by atoms with van der Waals surface area (Å²) in [4.78, 5) is 33.3. The second-order valence-electron chi connectivity index (χ2n) is 7.75. The molecule has 2 saturated heterocycles. The minimum Gasteiger partial charge on any atom is -0.353 e. The lowest BCUT2D eigenvalue weighted by atomic mass is 9.91. The molecule has 6 heteroatoms. The maximum Gasteiger partial charge on any atom is 0.237 e. The molecule has 146 valence electrons. The van der Waals surface area contributed by atoms with Crippen molar-refractivity contribution in [2.75, 3.05) is 26.2 Å². The van der Waals surface area contributed by atoms with Crippen LogP contribution in [0, 0.1) is 6.92 Å². The van der Waals surface area contributed by atoms with Crippen LogP contribution in [0.4, 0.5) is 0 Å². The summed E-state index contributed by atoms with van der Waals surface area (Å²) in [6.45, 7) is 5.58. The summed E-state index contributed by atoms with van der Waals surface area (Å²) < 4.78 is 0. The molecule has 1 N–H and O–H groups in total. The van der Waals surface area contributed by atoms with Crippen LogP contribution in [0.2, 0.25) is 0 Å². The van der Waals surface area contributed by atoms with Crippen molar-refractivity contribution >= 4 is 11.8 Å². The third kappa shape index (κ3) is 4.07. The molecule has 1 atom stereocenters. The van der Waals surface area contributed by atoms with E-state index in [0.29, 0.717) is 19.0 Å². The quantitative estimate of drug-likeness (QED) is 0.860. The molecule has 1 aromatic carbocycles. The van der Waals surface area contributed by atoms with Crippen molar-refractivity contribution < 1.29 is 9.59 Å². The number of rotatable bonds is 5. The van der Waals surface area contributed by atoms with Crippen LogP contribution in [0.25, 0.3) is 0 Å². The Hall–Kier alpha value is -2.73. The number of nitrogens with one attached hydrogen (secondary N) is 1. The molecular formula is C22H26N4O2. The average molecular weight is 378 g/mol. The predicted molar refractivity (Wildman–Crippen MR) is 107 cm³/mol. The van der Waals surface area contributed by atoms with Crippen molar-refractivity contribution in [2.24, 2.45) is 0 Å². The summed E-state index contributed by atoms with van der Waals surface area (Å²) in [5.41, 5.74) is 3.60. The van der Waals surface area contributed by atoms with Crippen LogP contribution in [-0.4, -0.2) is 58.8 Å². The normalized spacial score (nSPS) is 20.5. The zero-order chi connectivity index (χ0) is 19.5. The summed E-state index contributed by atoms with van der Waals surface area (Å²) in [5, 5.41) is 2.92. The van der Waals surface area contributed by atoms with E-state index in [9.17, 15) is 9.59 Å². The highest BCUT2D eigenvalue weighted by molar-refractivity contribution is 5.89. The number of pyridine rings is 1. The van der Waals surface area contributed by atoms with Gasteiger partial charge in [-0.25, -0.2) is 0 Å². The lowest BCUT2D eigenvalue weighted by Crippen LogP contribution is -2.57. The maximum absolute atomic E-state index is 12.8. The number of carbonyl (C=O) groups is 2. The number of aromatic nitrogens is 1. The van der Waals surface area contributed by atoms with Gasteiger partial charge in [-0.15, -0.1) is 0 Å². The smallest absolute Gasteiger partial charge is 0.237 e. The highest BCUT2D eigenvalue weighted by Crippen LogP contribution is 2.27. The van der Waals surface area contributed by atoms with Gasteiger partial charge in [0.15, 0.2) is 0 Å². The fourth-order valence-corrected chi connectivity index (χ4v) is 4.04. The average Bonchev–Trinajstić information content (AvgIpc) is 2.64. The number of nitrogens with zero attached hydrogens (tertiary/aromatic N) is 3. The minimum atomic E-state index is -0.401. The zero-order valence-corrected chi connectivity index (χ0v) is 16.2. The first kappa shape index (κ1) is 18.6. The molecule has 1 aromatic heterocycles. The van der Waals surface area contributed by atoms with Crippen LogP contribution < -0.4 is 5.32 Å². The molecule has 0 unspecified atom stereocenters. The van der Waals surface area contributed by atoms with Crippen LogP contribution in [0.1, 0.15) is 29.0 Å². The van der Waals surface area contributed by atoms with Crippen LogP contribution in [0.3, 0.4) is 0 Å². The topological polar surface area (TPSA) is 65.5 Å². The van der Waals surface area contributed by atoms with E-state index >= 15 is 0 Å². The zero-order valence-electron chi connectivity index (χ0n) is 16.2. The van der Waals surface area contributed by atoms with Crippen molar-refractivity contribution in [1.29, 1.82) is 0 Å². The number of likely N-dealkylation sites (tertiary alicyclic amines) is 1. The molecule has 2 aliphatic heterocycles. The lowest BCUT2D eigenvalue weighted by Gasteiger charge is -2.41. The van der Waals surface area contributed by atoms with Gasteiger partial charge in [-0.3, -0.25) is 19.5 Å². The highest BCUT2D eigenvalue weighted by atomic mass is 16.2. The number of benzene rings is 1. The Labute approximate surface area is 165 Å². The van der Waals surface area contributed by atoms with Gasteiger partial charge in [0, 0.05) is 51.0 Å². The van der Waals surface area contributed by atoms with Gasteiger partial charge in [-0.05, 0) is 30.2 Å². The van der Waals surface area contributed by atoms with Gasteiger partial charge in [-0.2, -0.15) is 0 Å². The molecule has 2 amide bonds. The van der Waals surface area contributed by atoms with E-state index in [4.69, 9.17) is 0 Å². The third-order valence-corrected chi connectivity index (χ3v) is 5.69. The molecule has 0 spiro atoms. The number of piperazine rings is 1. The van der Waals surface area contributed by atoms with E-state index in [-0.39, 0.29) is 18.2 Å². The number of hydrogen-bond donors (Lipinski definition) is 1. The molecule has 3 heterocycles. The van der Waals surface area contributed by atoms with Gasteiger partial charge in [0.1, 0.15) is 0 Å². The molecular weight excluding hydrogens is 352 g/mol. The molecule has 0 saturated carbocycles.